The van der Waals surface area contributed by atoms with Crippen LogP contribution in [0.2, 0.25) is 0 Å². The number of oxime groups is 1. The monoisotopic (exact) mass is 293 g/mol. The van der Waals surface area contributed by atoms with Gasteiger partial charge in [0.15, 0.2) is 5.84 Å². The molecule has 116 valence electrons. The van der Waals surface area contributed by atoms with E-state index in [1.807, 2.05) is 0 Å². The summed E-state index contributed by atoms with van der Waals surface area (Å²) in [6.45, 7) is 5.34. The minimum absolute atomic E-state index is 0.0231. The quantitative estimate of drug-likeness (QED) is 0.308. The van der Waals surface area contributed by atoms with E-state index in [-0.39, 0.29) is 17.2 Å². The topological polar surface area (TPSA) is 96.9 Å². The Morgan fingerprint density at radius 2 is 2.10 bits per heavy atom. The highest BCUT2D eigenvalue weighted by Gasteiger charge is 2.19. The lowest BCUT2D eigenvalue weighted by atomic mass is 9.89. The van der Waals surface area contributed by atoms with Crippen LogP contribution in [0.1, 0.15) is 36.2 Å². The van der Waals surface area contributed by atoms with Gasteiger partial charge in [-0.05, 0) is 24.0 Å². The number of hydrogen-bond acceptors (Lipinski definition) is 4. The normalized spacial score (nSPS) is 12.2. The van der Waals surface area contributed by atoms with Crippen LogP contribution in [0.15, 0.2) is 29.4 Å². The van der Waals surface area contributed by atoms with Gasteiger partial charge in [0.25, 0.3) is 5.91 Å². The minimum Gasteiger partial charge on any atom is -0.409 e. The summed E-state index contributed by atoms with van der Waals surface area (Å²) >= 11 is 0. The first-order chi connectivity index (χ1) is 9.89. The lowest BCUT2D eigenvalue weighted by Crippen LogP contribution is -2.34. The third-order valence-electron chi connectivity index (χ3n) is 3.24. The standard InChI is InChI=1S/C15H23N3O3/c1-15(2,7-8-21-3)10-17-14(19)12-6-4-5-11(9-12)13(16)18-20/h4-6,9,20H,7-8,10H2,1-3H3,(H2,16,18)(H,17,19). The average Bonchev–Trinajstić information content (AvgIpc) is 2.50. The van der Waals surface area contributed by atoms with Crippen molar-refractivity contribution in [3.05, 3.63) is 35.4 Å². The van der Waals surface area contributed by atoms with Crippen LogP contribution in [-0.2, 0) is 4.74 Å². The Hall–Kier alpha value is -2.08. The number of carbonyl (C=O) groups excluding carboxylic acids is 1. The molecule has 4 N–H and O–H groups in total. The van der Waals surface area contributed by atoms with Gasteiger partial charge in [0.05, 0.1) is 0 Å². The first kappa shape index (κ1) is 17.0. The Morgan fingerprint density at radius 1 is 1.43 bits per heavy atom. The van der Waals surface area contributed by atoms with Crippen molar-refractivity contribution >= 4 is 11.7 Å². The van der Waals surface area contributed by atoms with Crippen molar-refractivity contribution in [2.24, 2.45) is 16.3 Å². The first-order valence-corrected chi connectivity index (χ1v) is 6.75. The van der Waals surface area contributed by atoms with E-state index in [9.17, 15) is 4.79 Å². The Morgan fingerprint density at radius 3 is 2.71 bits per heavy atom. The van der Waals surface area contributed by atoms with Crippen LogP contribution < -0.4 is 11.1 Å². The van der Waals surface area contributed by atoms with Crippen LogP contribution in [0.4, 0.5) is 0 Å². The van der Waals surface area contributed by atoms with E-state index in [1.165, 1.54) is 0 Å². The van der Waals surface area contributed by atoms with Crippen molar-refractivity contribution in [1.29, 1.82) is 0 Å². The summed E-state index contributed by atoms with van der Waals surface area (Å²) in [6.07, 6.45) is 0.855. The molecule has 0 unspecified atom stereocenters. The van der Waals surface area contributed by atoms with Gasteiger partial charge in [0.1, 0.15) is 0 Å². The molecular weight excluding hydrogens is 270 g/mol. The maximum absolute atomic E-state index is 12.1. The van der Waals surface area contributed by atoms with E-state index in [4.69, 9.17) is 15.7 Å². The molecule has 6 heteroatoms. The number of nitrogens with zero attached hydrogens (tertiary/aromatic N) is 1. The number of nitrogens with two attached hydrogens (primary N) is 1. The second-order valence-electron chi connectivity index (χ2n) is 5.66. The molecule has 6 nitrogen and oxygen atoms in total. The number of hydrogen-bond donors (Lipinski definition) is 3. The van der Waals surface area contributed by atoms with Crippen LogP contribution in [0.25, 0.3) is 0 Å². The van der Waals surface area contributed by atoms with Gasteiger partial charge in [0, 0.05) is 31.4 Å². The second kappa shape index (κ2) is 7.64. The molecule has 0 atom stereocenters. The first-order valence-electron chi connectivity index (χ1n) is 6.75. The van der Waals surface area contributed by atoms with Crippen LogP contribution in [-0.4, -0.2) is 37.2 Å². The van der Waals surface area contributed by atoms with Gasteiger partial charge in [-0.25, -0.2) is 0 Å². The summed E-state index contributed by atoms with van der Waals surface area (Å²) in [5.41, 5.74) is 6.45. The molecule has 0 aromatic heterocycles. The molecule has 0 heterocycles. The molecule has 0 radical (unpaired) electrons. The molecule has 0 bridgehead atoms. The summed E-state index contributed by atoms with van der Waals surface area (Å²) in [7, 11) is 1.66. The zero-order valence-electron chi connectivity index (χ0n) is 12.7. The van der Waals surface area contributed by atoms with Crippen molar-refractivity contribution in [2.75, 3.05) is 20.3 Å². The Kier molecular flexibility index (Phi) is 6.17. The molecule has 1 amide bonds. The van der Waals surface area contributed by atoms with Crippen molar-refractivity contribution in [2.45, 2.75) is 20.3 Å². The minimum atomic E-state index is -0.187. The van der Waals surface area contributed by atoms with Crippen LogP contribution in [0.5, 0.6) is 0 Å². The number of ether oxygens (including phenoxy) is 1. The van der Waals surface area contributed by atoms with Gasteiger partial charge < -0.3 is 21.0 Å². The zero-order valence-corrected chi connectivity index (χ0v) is 12.7. The Labute approximate surface area is 125 Å². The molecule has 0 saturated heterocycles. The smallest absolute Gasteiger partial charge is 0.251 e. The Bertz CT molecular complexity index is 513. The largest absolute Gasteiger partial charge is 0.409 e. The van der Waals surface area contributed by atoms with E-state index in [2.05, 4.69) is 24.3 Å². The fourth-order valence-corrected chi connectivity index (χ4v) is 1.77. The third kappa shape index (κ3) is 5.43. The summed E-state index contributed by atoms with van der Waals surface area (Å²) < 4.78 is 5.06. The van der Waals surface area contributed by atoms with Crippen molar-refractivity contribution in [3.63, 3.8) is 0 Å². The van der Waals surface area contributed by atoms with Gasteiger partial charge in [0.2, 0.25) is 0 Å². The van der Waals surface area contributed by atoms with Gasteiger partial charge >= 0.3 is 0 Å². The van der Waals surface area contributed by atoms with Gasteiger partial charge in [-0.2, -0.15) is 0 Å². The number of amidine groups is 1. The summed E-state index contributed by atoms with van der Waals surface area (Å²) in [6, 6.07) is 6.64. The number of nitrogens with one attached hydrogen (secondary N) is 1. The molecule has 0 saturated carbocycles. The number of amides is 1. The SMILES string of the molecule is COCCC(C)(C)CNC(=O)c1cccc(/C(N)=N/O)c1. The van der Waals surface area contributed by atoms with E-state index in [1.54, 1.807) is 31.4 Å². The average molecular weight is 293 g/mol. The number of carbonyl (C=O) groups is 1. The molecule has 21 heavy (non-hydrogen) atoms. The number of benzene rings is 1. The fourth-order valence-electron chi connectivity index (χ4n) is 1.77. The zero-order chi connectivity index (χ0) is 15.9. The molecule has 0 spiro atoms. The lowest BCUT2D eigenvalue weighted by molar-refractivity contribution is 0.0921. The van der Waals surface area contributed by atoms with E-state index in [0.717, 1.165) is 6.42 Å². The Balaban J connectivity index is 2.68. The highest BCUT2D eigenvalue weighted by molar-refractivity contribution is 6.01. The van der Waals surface area contributed by atoms with Gasteiger partial charge in [-0.1, -0.05) is 31.1 Å². The van der Waals surface area contributed by atoms with Crippen LogP contribution >= 0.6 is 0 Å². The lowest BCUT2D eigenvalue weighted by Gasteiger charge is -2.24. The molecule has 1 rings (SSSR count). The molecule has 1 aromatic carbocycles. The van der Waals surface area contributed by atoms with Gasteiger partial charge in [-0.3, -0.25) is 4.79 Å². The predicted octanol–water partition coefficient (Wildman–Crippen LogP) is 1.57. The highest BCUT2D eigenvalue weighted by Crippen LogP contribution is 2.19. The number of rotatable bonds is 7. The van der Waals surface area contributed by atoms with Crippen molar-refractivity contribution in [3.8, 4) is 0 Å². The molecular formula is C15H23N3O3. The van der Waals surface area contributed by atoms with E-state index < -0.39 is 0 Å². The highest BCUT2D eigenvalue weighted by atomic mass is 16.5. The molecule has 1 aromatic rings. The summed E-state index contributed by atoms with van der Waals surface area (Å²) in [4.78, 5) is 12.1. The maximum Gasteiger partial charge on any atom is 0.251 e. The molecule has 0 aliphatic carbocycles. The van der Waals surface area contributed by atoms with E-state index in [0.29, 0.717) is 24.3 Å². The predicted molar refractivity (Wildman–Crippen MR) is 81.6 cm³/mol. The van der Waals surface area contributed by atoms with Crippen molar-refractivity contribution in [1.82, 2.24) is 5.32 Å². The van der Waals surface area contributed by atoms with E-state index >= 15 is 0 Å². The number of methoxy groups -OCH3 is 1. The summed E-state index contributed by atoms with van der Waals surface area (Å²) in [5, 5.41) is 14.5. The molecule has 0 aliphatic rings. The van der Waals surface area contributed by atoms with Crippen molar-refractivity contribution < 1.29 is 14.7 Å². The van der Waals surface area contributed by atoms with Gasteiger partial charge in [-0.15, -0.1) is 0 Å². The summed E-state index contributed by atoms with van der Waals surface area (Å²) in [5.74, 6) is -0.210. The van der Waals surface area contributed by atoms with Crippen LogP contribution in [0, 0.1) is 5.41 Å². The molecule has 0 fully saturated rings. The fraction of sp³-hybridized carbons (Fsp3) is 0.467. The molecule has 0 aliphatic heterocycles. The third-order valence-corrected chi connectivity index (χ3v) is 3.24. The second-order valence-corrected chi connectivity index (χ2v) is 5.66. The maximum atomic E-state index is 12.1. The van der Waals surface area contributed by atoms with Crippen LogP contribution in [0.3, 0.4) is 0 Å².